The number of carbonyl (C=O) groups excluding carboxylic acids is 1. The summed E-state index contributed by atoms with van der Waals surface area (Å²) in [5.74, 6) is 1.88. The molecule has 4 aliphatic carbocycles. The molecular weight excluding hydrogens is 360 g/mol. The van der Waals surface area contributed by atoms with Gasteiger partial charge in [0.15, 0.2) is 0 Å². The molecule has 7 atom stereocenters. The van der Waals surface area contributed by atoms with Crippen molar-refractivity contribution in [3.8, 4) is 0 Å². The number of esters is 1. The van der Waals surface area contributed by atoms with E-state index in [4.69, 9.17) is 4.74 Å². The lowest BCUT2D eigenvalue weighted by Gasteiger charge is -2.57. The number of rotatable bonds is 2. The summed E-state index contributed by atoms with van der Waals surface area (Å²) in [7, 11) is 0. The number of carbonyl (C=O) groups is 1. The van der Waals surface area contributed by atoms with Crippen molar-refractivity contribution in [3.05, 3.63) is 47.5 Å². The number of ether oxygens (including phenoxy) is 1. The number of allylic oxidation sites excluding steroid dienone is 1. The monoisotopic (exact) mass is 394 g/mol. The van der Waals surface area contributed by atoms with Gasteiger partial charge in [0.2, 0.25) is 0 Å². The minimum absolute atomic E-state index is 0.0347. The third-order valence-electron chi connectivity index (χ3n) is 9.25. The van der Waals surface area contributed by atoms with E-state index in [0.717, 1.165) is 44.4 Å². The van der Waals surface area contributed by atoms with E-state index in [-0.39, 0.29) is 29.0 Å². The Morgan fingerprint density at radius 1 is 1.03 bits per heavy atom. The molecule has 0 bridgehead atoms. The molecule has 3 heteroatoms. The largest absolute Gasteiger partial charge is 0.458 e. The molecule has 5 rings (SSSR count). The average Bonchev–Trinajstić information content (AvgIpc) is 3.05. The smallest absolute Gasteiger partial charge is 0.338 e. The van der Waals surface area contributed by atoms with Crippen molar-refractivity contribution < 1.29 is 14.6 Å². The van der Waals surface area contributed by atoms with Gasteiger partial charge in [0.1, 0.15) is 6.10 Å². The number of benzene rings is 1. The summed E-state index contributed by atoms with van der Waals surface area (Å²) in [4.78, 5) is 12.7. The Morgan fingerprint density at radius 2 is 1.83 bits per heavy atom. The number of hydrogen-bond donors (Lipinski definition) is 1. The topological polar surface area (TPSA) is 46.5 Å². The highest BCUT2D eigenvalue weighted by Crippen LogP contribution is 2.65. The Hall–Kier alpha value is -1.61. The lowest BCUT2D eigenvalue weighted by atomic mass is 9.48. The van der Waals surface area contributed by atoms with Crippen LogP contribution in [0.1, 0.15) is 75.6 Å². The second-order valence-electron chi connectivity index (χ2n) is 10.5. The first kappa shape index (κ1) is 19.4. The highest BCUT2D eigenvalue weighted by Gasteiger charge is 2.59. The molecule has 0 saturated heterocycles. The minimum atomic E-state index is -0.168. The van der Waals surface area contributed by atoms with Gasteiger partial charge in [-0.3, -0.25) is 0 Å². The molecule has 156 valence electrons. The van der Waals surface area contributed by atoms with Gasteiger partial charge in [-0.1, -0.05) is 43.7 Å². The number of aliphatic hydroxyl groups is 1. The lowest BCUT2D eigenvalue weighted by molar-refractivity contribution is -0.0778. The van der Waals surface area contributed by atoms with Crippen LogP contribution in [0.3, 0.4) is 0 Å². The summed E-state index contributed by atoms with van der Waals surface area (Å²) >= 11 is 0. The second kappa shape index (κ2) is 6.97. The fourth-order valence-electron chi connectivity index (χ4n) is 7.56. The van der Waals surface area contributed by atoms with Gasteiger partial charge in [0.05, 0.1) is 11.7 Å². The van der Waals surface area contributed by atoms with E-state index in [1.807, 2.05) is 30.3 Å². The maximum atomic E-state index is 12.7. The molecule has 0 heterocycles. The summed E-state index contributed by atoms with van der Waals surface area (Å²) in [5, 5.41) is 10.2. The maximum Gasteiger partial charge on any atom is 0.338 e. The summed E-state index contributed by atoms with van der Waals surface area (Å²) in [6.07, 6.45) is 11.0. The van der Waals surface area contributed by atoms with Gasteiger partial charge in [0.25, 0.3) is 0 Å². The van der Waals surface area contributed by atoms with Crippen LogP contribution in [0.4, 0.5) is 0 Å². The van der Waals surface area contributed by atoms with Crippen molar-refractivity contribution >= 4 is 5.97 Å². The normalized spacial score (nSPS) is 43.6. The Balaban J connectivity index is 1.36. The summed E-state index contributed by atoms with van der Waals surface area (Å²) in [6, 6.07) is 9.42. The molecule has 1 N–H and O–H groups in total. The summed E-state index contributed by atoms with van der Waals surface area (Å²) in [5.41, 5.74) is 2.54. The van der Waals surface area contributed by atoms with Crippen LogP contribution in [0.25, 0.3) is 0 Å². The van der Waals surface area contributed by atoms with Crippen LogP contribution in [0.5, 0.6) is 0 Å². The number of hydrogen-bond acceptors (Lipinski definition) is 3. The molecule has 0 aromatic heterocycles. The lowest BCUT2D eigenvalue weighted by Crippen LogP contribution is -2.51. The van der Waals surface area contributed by atoms with E-state index < -0.39 is 0 Å². The van der Waals surface area contributed by atoms with E-state index >= 15 is 0 Å². The molecule has 1 aromatic rings. The predicted molar refractivity (Wildman–Crippen MR) is 113 cm³/mol. The molecule has 0 unspecified atom stereocenters. The van der Waals surface area contributed by atoms with Crippen LogP contribution in [0.15, 0.2) is 42.0 Å². The van der Waals surface area contributed by atoms with Gasteiger partial charge in [0, 0.05) is 5.41 Å². The van der Waals surface area contributed by atoms with Gasteiger partial charge in [-0.15, -0.1) is 0 Å². The molecule has 29 heavy (non-hydrogen) atoms. The Labute approximate surface area is 174 Å². The standard InChI is InChI=1S/C26H34O3/c1-25-14-12-19(27)16-18(25)8-9-20-21-10-11-23(26(21,2)15-13-22(20)25)29-24(28)17-6-4-3-5-7-17/h3-8,19-23,27H,9-16H2,1-2H3/t19-,20-,21-,22+,23-,25-,26-/m0/s1. The van der Waals surface area contributed by atoms with Crippen LogP contribution >= 0.6 is 0 Å². The van der Waals surface area contributed by atoms with E-state index in [1.165, 1.54) is 18.4 Å². The zero-order chi connectivity index (χ0) is 20.2. The van der Waals surface area contributed by atoms with Gasteiger partial charge in [-0.25, -0.2) is 4.79 Å². The van der Waals surface area contributed by atoms with Crippen LogP contribution < -0.4 is 0 Å². The molecule has 0 aliphatic heterocycles. The van der Waals surface area contributed by atoms with Gasteiger partial charge in [-0.2, -0.15) is 0 Å². The number of aliphatic hydroxyl groups excluding tert-OH is 1. The molecule has 3 nitrogen and oxygen atoms in total. The van der Waals surface area contributed by atoms with Crippen LogP contribution in [0.2, 0.25) is 0 Å². The second-order valence-corrected chi connectivity index (χ2v) is 10.5. The zero-order valence-corrected chi connectivity index (χ0v) is 17.8. The highest BCUT2D eigenvalue weighted by atomic mass is 16.5. The van der Waals surface area contributed by atoms with Crippen LogP contribution in [-0.4, -0.2) is 23.3 Å². The van der Waals surface area contributed by atoms with Gasteiger partial charge in [-0.05, 0) is 86.7 Å². The molecular formula is C26H34O3. The zero-order valence-electron chi connectivity index (χ0n) is 17.8. The molecule has 0 spiro atoms. The third-order valence-corrected chi connectivity index (χ3v) is 9.25. The molecule has 4 aliphatic rings. The van der Waals surface area contributed by atoms with Crippen molar-refractivity contribution in [3.63, 3.8) is 0 Å². The first-order valence-corrected chi connectivity index (χ1v) is 11.6. The Kier molecular flexibility index (Phi) is 4.66. The highest BCUT2D eigenvalue weighted by molar-refractivity contribution is 5.89. The Morgan fingerprint density at radius 3 is 2.62 bits per heavy atom. The molecule has 3 saturated carbocycles. The van der Waals surface area contributed by atoms with Gasteiger partial charge < -0.3 is 9.84 Å². The van der Waals surface area contributed by atoms with E-state index in [9.17, 15) is 9.90 Å². The van der Waals surface area contributed by atoms with Crippen molar-refractivity contribution in [1.82, 2.24) is 0 Å². The molecule has 1 aromatic carbocycles. The van der Waals surface area contributed by atoms with Crippen molar-refractivity contribution in [2.24, 2.45) is 28.6 Å². The maximum absolute atomic E-state index is 12.7. The van der Waals surface area contributed by atoms with Crippen molar-refractivity contribution in [2.45, 2.75) is 77.4 Å². The van der Waals surface area contributed by atoms with Crippen LogP contribution in [0, 0.1) is 28.6 Å². The van der Waals surface area contributed by atoms with Crippen molar-refractivity contribution in [2.75, 3.05) is 0 Å². The third kappa shape index (κ3) is 3.00. The van der Waals surface area contributed by atoms with Gasteiger partial charge >= 0.3 is 5.97 Å². The first-order valence-electron chi connectivity index (χ1n) is 11.6. The summed E-state index contributed by atoms with van der Waals surface area (Å²) in [6.45, 7) is 4.85. The summed E-state index contributed by atoms with van der Waals surface area (Å²) < 4.78 is 6.11. The number of fused-ring (bicyclic) bond motifs is 5. The fourth-order valence-corrected chi connectivity index (χ4v) is 7.56. The quantitative estimate of drug-likeness (QED) is 0.529. The predicted octanol–water partition coefficient (Wildman–Crippen LogP) is 5.54. The Bertz CT molecular complexity index is 815. The van der Waals surface area contributed by atoms with E-state index in [0.29, 0.717) is 17.4 Å². The first-order chi connectivity index (χ1) is 13.9. The molecule has 3 fully saturated rings. The van der Waals surface area contributed by atoms with E-state index in [1.54, 1.807) is 0 Å². The van der Waals surface area contributed by atoms with Crippen molar-refractivity contribution in [1.29, 1.82) is 0 Å². The minimum Gasteiger partial charge on any atom is -0.458 e. The van der Waals surface area contributed by atoms with E-state index in [2.05, 4.69) is 19.9 Å². The fraction of sp³-hybridized carbons (Fsp3) is 0.654. The van der Waals surface area contributed by atoms with Crippen LogP contribution in [-0.2, 0) is 4.74 Å². The molecule has 0 amide bonds. The average molecular weight is 395 g/mol. The molecule has 0 radical (unpaired) electrons. The SMILES string of the molecule is C[C@]12CC[C@@H]3[C@@H](CC=C4C[C@@H](O)CC[C@@]43C)[C@@H]1CC[C@@H]2OC(=O)c1ccccc1.